The number of hydrogen-bond donors (Lipinski definition) is 2. The van der Waals surface area contributed by atoms with E-state index in [-0.39, 0.29) is 37.9 Å². The van der Waals surface area contributed by atoms with Crippen molar-refractivity contribution in [2.45, 2.75) is 232 Å². The van der Waals surface area contributed by atoms with Crippen molar-refractivity contribution in [3.63, 3.8) is 0 Å². The van der Waals surface area contributed by atoms with Crippen molar-refractivity contribution in [1.29, 1.82) is 0 Å². The SMILES string of the molecule is CC/C=C\C/C=C\C/C=C\C/C=C\C/C=C\CCCC(=O)NC(COP(=O)(O)OCC[N+](C)(C)C)C(/C=C/CCCCCCCCCCCC)OC(=O)CCCCCC/C=C\C/C=C\C/C=C\CCCCC. The Bertz CT molecular complexity index is 1600. The fourth-order valence-corrected chi connectivity index (χ4v) is 8.25. The molecule has 0 aliphatic heterocycles. The van der Waals surface area contributed by atoms with Crippen molar-refractivity contribution in [2.24, 2.45) is 0 Å². The molecule has 0 aromatic carbocycles. The predicted molar refractivity (Wildman–Crippen MR) is 309 cm³/mol. The molecule has 0 aromatic heterocycles. The third-order valence-electron chi connectivity index (χ3n) is 11.9. The van der Waals surface area contributed by atoms with Gasteiger partial charge in [0.15, 0.2) is 0 Å². The predicted octanol–water partition coefficient (Wildman–Crippen LogP) is 17.4. The van der Waals surface area contributed by atoms with Crippen molar-refractivity contribution in [1.82, 2.24) is 5.32 Å². The summed E-state index contributed by atoms with van der Waals surface area (Å²) >= 11 is 0. The summed E-state index contributed by atoms with van der Waals surface area (Å²) in [7, 11) is 1.43. The second kappa shape index (κ2) is 51.2. The quantitative estimate of drug-likeness (QED) is 0.0205. The van der Waals surface area contributed by atoms with Crippen LogP contribution in [0, 0.1) is 0 Å². The van der Waals surface area contributed by atoms with Crippen LogP contribution >= 0.6 is 7.82 Å². The minimum absolute atomic E-state index is 0.0201. The van der Waals surface area contributed by atoms with Gasteiger partial charge in [0, 0.05) is 12.8 Å². The summed E-state index contributed by atoms with van der Waals surface area (Å²) < 4.78 is 30.5. The number of carbonyl (C=O) groups is 2. The normalized spacial score (nSPS) is 14.6. The lowest BCUT2D eigenvalue weighted by Crippen LogP contribution is -2.47. The maximum atomic E-state index is 13.5. The monoisotopic (exact) mass is 1020 g/mol. The molecule has 72 heavy (non-hydrogen) atoms. The van der Waals surface area contributed by atoms with Gasteiger partial charge in [0.1, 0.15) is 19.3 Å². The summed E-state index contributed by atoms with van der Waals surface area (Å²) in [6.45, 7) is 6.78. The smallest absolute Gasteiger partial charge is 0.456 e. The Morgan fingerprint density at radius 3 is 1.39 bits per heavy atom. The van der Waals surface area contributed by atoms with Crippen molar-refractivity contribution < 1.29 is 37.3 Å². The molecule has 0 heterocycles. The lowest BCUT2D eigenvalue weighted by Gasteiger charge is -2.27. The summed E-state index contributed by atoms with van der Waals surface area (Å²) in [4.78, 5) is 37.6. The fraction of sp³-hybridized carbons (Fsp3) is 0.677. The van der Waals surface area contributed by atoms with Gasteiger partial charge < -0.3 is 19.4 Å². The van der Waals surface area contributed by atoms with E-state index in [2.05, 4.69) is 123 Å². The molecule has 3 atom stereocenters. The number of phosphoric acid groups is 1. The standard InChI is InChI=1S/C62H107N2O7P/c1-7-10-13-16-19-22-25-28-30-32-34-36-39-42-45-48-51-54-61(65)63-59(58-70-72(67,68)69-57-56-64(4,5)6)60(53-50-47-44-41-38-27-24-21-18-15-12-9-3)71-62(66)55-52-49-46-43-40-37-35-33-31-29-26-23-20-17-14-11-8-2/h10,13,19-20,22-23,28-31,34-37,42,45,50,53,59-60H,7-9,11-12,14-18,21,24-27,32-33,38-41,43-44,46-49,51-52,54-58H2,1-6H3,(H-,63,65,67,68)/p+1/b13-10-,22-19-,23-20-,30-28-,31-29-,36-34-,37-35-,45-42-,53-50+. The topological polar surface area (TPSA) is 111 Å². The van der Waals surface area contributed by atoms with Gasteiger partial charge in [-0.05, 0) is 109 Å². The number of likely N-dealkylation sites (N-methyl/N-ethyl adjacent to an activating group) is 1. The molecule has 3 unspecified atom stereocenters. The third kappa shape index (κ3) is 51.6. The molecule has 0 rings (SSSR count). The summed E-state index contributed by atoms with van der Waals surface area (Å²) in [6, 6.07) is -0.893. The van der Waals surface area contributed by atoms with Gasteiger partial charge in [-0.1, -0.05) is 208 Å². The van der Waals surface area contributed by atoms with Crippen molar-refractivity contribution in [3.8, 4) is 0 Å². The first-order valence-electron chi connectivity index (χ1n) is 28.7. The fourth-order valence-electron chi connectivity index (χ4n) is 7.51. The highest BCUT2D eigenvalue weighted by atomic mass is 31.2. The molecule has 0 aliphatic rings. The number of hydrogen-bond acceptors (Lipinski definition) is 6. The molecule has 0 saturated carbocycles. The highest BCUT2D eigenvalue weighted by Crippen LogP contribution is 2.43. The third-order valence-corrected chi connectivity index (χ3v) is 12.9. The zero-order valence-electron chi connectivity index (χ0n) is 46.9. The first kappa shape index (κ1) is 68.7. The van der Waals surface area contributed by atoms with Crippen LogP contribution in [0.2, 0.25) is 0 Å². The van der Waals surface area contributed by atoms with E-state index in [4.69, 9.17) is 13.8 Å². The maximum absolute atomic E-state index is 13.5. The van der Waals surface area contributed by atoms with Crippen LogP contribution in [0.15, 0.2) is 109 Å². The molecule has 1 amide bonds. The van der Waals surface area contributed by atoms with Gasteiger partial charge in [-0.2, -0.15) is 0 Å². The van der Waals surface area contributed by atoms with Crippen molar-refractivity contribution in [2.75, 3.05) is 40.9 Å². The average molecular weight is 1020 g/mol. The van der Waals surface area contributed by atoms with Gasteiger partial charge in [-0.3, -0.25) is 18.6 Å². The highest BCUT2D eigenvalue weighted by molar-refractivity contribution is 7.47. The number of quaternary nitrogens is 1. The van der Waals surface area contributed by atoms with Crippen molar-refractivity contribution in [3.05, 3.63) is 109 Å². The van der Waals surface area contributed by atoms with Gasteiger partial charge in [-0.15, -0.1) is 0 Å². The average Bonchev–Trinajstić information content (AvgIpc) is 3.34. The number of esters is 1. The Balaban J connectivity index is 5.50. The van der Waals surface area contributed by atoms with E-state index in [1.807, 2.05) is 33.3 Å². The highest BCUT2D eigenvalue weighted by Gasteiger charge is 2.30. The van der Waals surface area contributed by atoms with Gasteiger partial charge in [0.2, 0.25) is 5.91 Å². The molecule has 0 saturated heterocycles. The minimum atomic E-state index is -4.47. The van der Waals surface area contributed by atoms with Crippen LogP contribution in [0.4, 0.5) is 0 Å². The van der Waals surface area contributed by atoms with E-state index < -0.39 is 20.0 Å². The Labute approximate surface area is 442 Å². The Hall–Kier alpha value is -3.33. The van der Waals surface area contributed by atoms with E-state index in [1.54, 1.807) is 0 Å². The van der Waals surface area contributed by atoms with Crippen LogP contribution in [0.5, 0.6) is 0 Å². The molecule has 10 heteroatoms. The molecule has 0 spiro atoms. The van der Waals surface area contributed by atoms with Crippen molar-refractivity contribution >= 4 is 19.7 Å². The van der Waals surface area contributed by atoms with Crippen LogP contribution in [-0.2, 0) is 27.9 Å². The first-order chi connectivity index (χ1) is 34.9. The van der Waals surface area contributed by atoms with E-state index in [0.717, 1.165) is 96.3 Å². The number of ether oxygens (including phenoxy) is 1. The summed E-state index contributed by atoms with van der Waals surface area (Å²) in [5.41, 5.74) is 0. The van der Waals surface area contributed by atoms with Gasteiger partial charge in [0.05, 0.1) is 33.8 Å². The van der Waals surface area contributed by atoms with Crippen LogP contribution in [-0.4, -0.2) is 74.3 Å². The number of nitrogens with one attached hydrogen (secondary N) is 1. The molecule has 412 valence electrons. The number of rotatable bonds is 50. The number of amides is 1. The summed E-state index contributed by atoms with van der Waals surface area (Å²) in [5, 5.41) is 3.00. The first-order valence-corrected chi connectivity index (χ1v) is 30.2. The zero-order valence-corrected chi connectivity index (χ0v) is 47.8. The van der Waals surface area contributed by atoms with E-state index >= 15 is 0 Å². The lowest BCUT2D eigenvalue weighted by molar-refractivity contribution is -0.870. The van der Waals surface area contributed by atoms with E-state index in [1.165, 1.54) is 77.0 Å². The Morgan fingerprint density at radius 1 is 0.500 bits per heavy atom. The molecular formula is C62H108N2O7P+. The molecule has 0 aliphatic carbocycles. The van der Waals surface area contributed by atoms with Crippen LogP contribution in [0.25, 0.3) is 0 Å². The zero-order chi connectivity index (χ0) is 52.9. The van der Waals surface area contributed by atoms with Crippen LogP contribution in [0.3, 0.4) is 0 Å². The number of carbonyl (C=O) groups excluding carboxylic acids is 2. The number of phosphoric ester groups is 1. The number of nitrogens with zero attached hydrogens (tertiary/aromatic N) is 1. The summed E-state index contributed by atoms with van der Waals surface area (Å²) in [5.74, 6) is -0.607. The van der Waals surface area contributed by atoms with Crippen LogP contribution < -0.4 is 5.32 Å². The maximum Gasteiger partial charge on any atom is 0.472 e. The molecular weight excluding hydrogens is 916 g/mol. The second-order valence-corrected chi connectivity index (χ2v) is 21.5. The largest absolute Gasteiger partial charge is 0.472 e. The summed E-state index contributed by atoms with van der Waals surface area (Å²) in [6.07, 6.45) is 69.5. The second-order valence-electron chi connectivity index (χ2n) is 20.1. The van der Waals surface area contributed by atoms with Gasteiger partial charge in [-0.25, -0.2) is 4.57 Å². The molecule has 2 N–H and O–H groups in total. The number of unbranched alkanes of at least 4 members (excludes halogenated alkanes) is 18. The molecule has 0 radical (unpaired) electrons. The van der Waals surface area contributed by atoms with Gasteiger partial charge in [0.25, 0.3) is 0 Å². The van der Waals surface area contributed by atoms with Crippen LogP contribution in [0.1, 0.15) is 220 Å². The minimum Gasteiger partial charge on any atom is -0.456 e. The van der Waals surface area contributed by atoms with E-state index in [0.29, 0.717) is 23.9 Å². The molecule has 0 fully saturated rings. The number of allylic oxidation sites excluding steroid dienone is 17. The molecule has 0 aromatic rings. The van der Waals surface area contributed by atoms with E-state index in [9.17, 15) is 19.0 Å². The Kier molecular flexibility index (Phi) is 48.8. The Morgan fingerprint density at radius 2 is 0.903 bits per heavy atom. The van der Waals surface area contributed by atoms with Gasteiger partial charge >= 0.3 is 13.8 Å². The molecule has 0 bridgehead atoms. The lowest BCUT2D eigenvalue weighted by atomic mass is 10.1. The molecule has 9 nitrogen and oxygen atoms in total.